The van der Waals surface area contributed by atoms with Crippen LogP contribution in [-0.2, 0) is 7.05 Å². The zero-order valence-electron chi connectivity index (χ0n) is 7.37. The minimum Gasteiger partial charge on any atom is -0.503 e. The molecule has 4 heteroatoms. The Labute approximate surface area is 74.4 Å². The lowest BCUT2D eigenvalue weighted by Gasteiger charge is -1.92. The SMILES string of the molecule is CC(=O)c1oc2ccn(C)c2c1O. The average Bonchev–Trinajstić information content (AvgIpc) is 2.55. The fourth-order valence-electron chi connectivity index (χ4n) is 1.38. The molecule has 0 unspecified atom stereocenters. The van der Waals surface area contributed by atoms with E-state index < -0.39 is 0 Å². The molecule has 0 aliphatic carbocycles. The molecule has 68 valence electrons. The molecule has 2 aromatic heterocycles. The molecule has 0 aliphatic heterocycles. The van der Waals surface area contributed by atoms with Crippen molar-refractivity contribution in [1.29, 1.82) is 0 Å². The lowest BCUT2D eigenvalue weighted by Crippen LogP contribution is -1.89. The van der Waals surface area contributed by atoms with Crippen molar-refractivity contribution in [3.63, 3.8) is 0 Å². The summed E-state index contributed by atoms with van der Waals surface area (Å²) in [5.74, 6) is -0.315. The van der Waals surface area contributed by atoms with Crippen LogP contribution in [0, 0.1) is 0 Å². The molecule has 0 atom stereocenters. The first-order chi connectivity index (χ1) is 6.11. The maximum atomic E-state index is 11.0. The number of hydrogen-bond acceptors (Lipinski definition) is 3. The molecular formula is C9H9NO3. The predicted octanol–water partition coefficient (Wildman–Crippen LogP) is 1.68. The van der Waals surface area contributed by atoms with E-state index in [-0.39, 0.29) is 17.3 Å². The number of ketones is 1. The van der Waals surface area contributed by atoms with Gasteiger partial charge in [-0.2, -0.15) is 0 Å². The summed E-state index contributed by atoms with van der Waals surface area (Å²) in [5, 5.41) is 9.59. The maximum Gasteiger partial charge on any atom is 0.213 e. The monoisotopic (exact) mass is 179 g/mol. The van der Waals surface area contributed by atoms with E-state index in [1.54, 1.807) is 23.9 Å². The molecule has 0 bridgehead atoms. The van der Waals surface area contributed by atoms with Gasteiger partial charge in [0.25, 0.3) is 0 Å². The molecule has 2 heterocycles. The standard InChI is InChI=1S/C9H9NO3/c1-5(11)9-8(12)7-6(13-9)3-4-10(7)2/h3-4,12H,1-2H3. The number of furan rings is 1. The number of aromatic nitrogens is 1. The number of carbonyl (C=O) groups is 1. The first-order valence-corrected chi connectivity index (χ1v) is 3.89. The highest BCUT2D eigenvalue weighted by molar-refractivity contribution is 6.00. The van der Waals surface area contributed by atoms with Gasteiger partial charge < -0.3 is 14.1 Å². The van der Waals surface area contributed by atoms with Crippen LogP contribution in [-0.4, -0.2) is 15.5 Å². The van der Waals surface area contributed by atoms with E-state index in [1.807, 2.05) is 0 Å². The second-order valence-corrected chi connectivity index (χ2v) is 2.98. The first kappa shape index (κ1) is 7.91. The van der Waals surface area contributed by atoms with Gasteiger partial charge in [-0.1, -0.05) is 0 Å². The van der Waals surface area contributed by atoms with Crippen molar-refractivity contribution in [2.24, 2.45) is 7.05 Å². The molecule has 1 N–H and O–H groups in total. The molecule has 0 amide bonds. The Kier molecular flexibility index (Phi) is 1.45. The molecule has 0 saturated carbocycles. The fraction of sp³-hybridized carbons (Fsp3) is 0.222. The molecule has 0 spiro atoms. The van der Waals surface area contributed by atoms with Gasteiger partial charge in [0.05, 0.1) is 0 Å². The summed E-state index contributed by atoms with van der Waals surface area (Å²) in [7, 11) is 1.78. The largest absolute Gasteiger partial charge is 0.503 e. The smallest absolute Gasteiger partial charge is 0.213 e. The number of aryl methyl sites for hydroxylation is 1. The minimum absolute atomic E-state index is 0.0289. The van der Waals surface area contributed by atoms with Crippen LogP contribution in [0.2, 0.25) is 0 Å². The normalized spacial score (nSPS) is 10.9. The van der Waals surface area contributed by atoms with Crippen molar-refractivity contribution in [3.8, 4) is 5.75 Å². The lowest BCUT2D eigenvalue weighted by atomic mass is 10.3. The number of fused-ring (bicyclic) bond motifs is 1. The third-order valence-corrected chi connectivity index (χ3v) is 2.01. The van der Waals surface area contributed by atoms with Crippen molar-refractivity contribution in [2.45, 2.75) is 6.92 Å². The van der Waals surface area contributed by atoms with Crippen molar-refractivity contribution < 1.29 is 14.3 Å². The molecule has 0 saturated heterocycles. The van der Waals surface area contributed by atoms with Crippen molar-refractivity contribution in [2.75, 3.05) is 0 Å². The van der Waals surface area contributed by atoms with E-state index in [4.69, 9.17) is 4.42 Å². The zero-order valence-corrected chi connectivity index (χ0v) is 7.37. The van der Waals surface area contributed by atoms with E-state index in [0.717, 1.165) is 0 Å². The second kappa shape index (κ2) is 2.39. The van der Waals surface area contributed by atoms with Gasteiger partial charge in [0.2, 0.25) is 5.76 Å². The van der Waals surface area contributed by atoms with E-state index in [1.165, 1.54) is 6.92 Å². The maximum absolute atomic E-state index is 11.0. The van der Waals surface area contributed by atoms with E-state index in [9.17, 15) is 9.90 Å². The summed E-state index contributed by atoms with van der Waals surface area (Å²) < 4.78 is 6.87. The minimum atomic E-state index is -0.270. The lowest BCUT2D eigenvalue weighted by molar-refractivity contribution is 0.0985. The number of rotatable bonds is 1. The third-order valence-electron chi connectivity index (χ3n) is 2.01. The van der Waals surface area contributed by atoms with Crippen LogP contribution in [0.4, 0.5) is 0 Å². The molecule has 0 fully saturated rings. The topological polar surface area (TPSA) is 55.4 Å². The number of nitrogens with zero attached hydrogens (tertiary/aromatic N) is 1. The summed E-state index contributed by atoms with van der Waals surface area (Å²) in [6.45, 7) is 1.36. The molecule has 2 aromatic rings. The molecule has 2 rings (SSSR count). The highest BCUT2D eigenvalue weighted by Crippen LogP contribution is 2.32. The summed E-state index contributed by atoms with van der Waals surface area (Å²) in [4.78, 5) is 11.0. The van der Waals surface area contributed by atoms with Crippen molar-refractivity contribution in [1.82, 2.24) is 4.57 Å². The van der Waals surface area contributed by atoms with Gasteiger partial charge in [-0.05, 0) is 6.07 Å². The molecule has 0 aliphatic rings. The molecule has 13 heavy (non-hydrogen) atoms. The Balaban J connectivity index is 2.82. The van der Waals surface area contributed by atoms with Gasteiger partial charge in [0.15, 0.2) is 17.1 Å². The van der Waals surface area contributed by atoms with Gasteiger partial charge in [-0.15, -0.1) is 0 Å². The second-order valence-electron chi connectivity index (χ2n) is 2.98. The van der Waals surface area contributed by atoms with E-state index >= 15 is 0 Å². The van der Waals surface area contributed by atoms with Crippen LogP contribution >= 0.6 is 0 Å². The van der Waals surface area contributed by atoms with Crippen molar-refractivity contribution in [3.05, 3.63) is 18.0 Å². The van der Waals surface area contributed by atoms with Gasteiger partial charge in [0, 0.05) is 20.2 Å². The molecule has 0 aromatic carbocycles. The van der Waals surface area contributed by atoms with Crippen molar-refractivity contribution >= 4 is 16.9 Å². The van der Waals surface area contributed by atoms with E-state index in [2.05, 4.69) is 0 Å². The molecular weight excluding hydrogens is 170 g/mol. The van der Waals surface area contributed by atoms with Crippen LogP contribution in [0.5, 0.6) is 5.75 Å². The first-order valence-electron chi connectivity index (χ1n) is 3.89. The Morgan fingerprint density at radius 3 is 2.85 bits per heavy atom. The summed E-state index contributed by atoms with van der Waals surface area (Å²) >= 11 is 0. The Hall–Kier alpha value is -1.71. The Morgan fingerprint density at radius 1 is 1.62 bits per heavy atom. The highest BCUT2D eigenvalue weighted by Gasteiger charge is 2.18. The van der Waals surface area contributed by atoms with Crippen LogP contribution < -0.4 is 0 Å². The Morgan fingerprint density at radius 2 is 2.31 bits per heavy atom. The average molecular weight is 179 g/mol. The number of carbonyl (C=O) groups excluding carboxylic acids is 1. The zero-order chi connectivity index (χ0) is 9.59. The summed E-state index contributed by atoms with van der Waals surface area (Å²) in [6.07, 6.45) is 1.76. The predicted molar refractivity (Wildman–Crippen MR) is 46.9 cm³/mol. The number of Topliss-reactive ketones (excluding diaryl/α,β-unsaturated/α-hetero) is 1. The quantitative estimate of drug-likeness (QED) is 0.677. The van der Waals surface area contributed by atoms with Crippen LogP contribution in [0.3, 0.4) is 0 Å². The molecule has 4 nitrogen and oxygen atoms in total. The summed E-state index contributed by atoms with van der Waals surface area (Å²) in [6, 6.07) is 1.71. The van der Waals surface area contributed by atoms with Gasteiger partial charge >= 0.3 is 0 Å². The van der Waals surface area contributed by atoms with Gasteiger partial charge in [-0.25, -0.2) is 0 Å². The summed E-state index contributed by atoms with van der Waals surface area (Å²) in [5.41, 5.74) is 1.09. The van der Waals surface area contributed by atoms with Gasteiger partial charge in [-0.3, -0.25) is 4.79 Å². The number of hydrogen-bond donors (Lipinski definition) is 1. The highest BCUT2D eigenvalue weighted by atomic mass is 16.4. The van der Waals surface area contributed by atoms with E-state index in [0.29, 0.717) is 11.1 Å². The van der Waals surface area contributed by atoms with Gasteiger partial charge in [0.1, 0.15) is 5.52 Å². The fourth-order valence-corrected chi connectivity index (χ4v) is 1.38. The Bertz CT molecular complexity index is 478. The van der Waals surface area contributed by atoms with Crippen LogP contribution in [0.1, 0.15) is 17.5 Å². The third kappa shape index (κ3) is 0.950. The molecule has 0 radical (unpaired) electrons. The van der Waals surface area contributed by atoms with Crippen LogP contribution in [0.25, 0.3) is 11.1 Å². The van der Waals surface area contributed by atoms with Crippen LogP contribution in [0.15, 0.2) is 16.7 Å². The number of aromatic hydroxyl groups is 1.